The summed E-state index contributed by atoms with van der Waals surface area (Å²) in [6.07, 6.45) is 52.2. The van der Waals surface area contributed by atoms with Gasteiger partial charge >= 0.3 is 25.7 Å². The number of carbonyl (C=O) groups excluding carboxylic acids is 2. The molecule has 0 aliphatic carbocycles. The number of rotatable bonds is 41. The second-order valence-electron chi connectivity index (χ2n) is 14.8. The number of unbranched alkanes of at least 4 members (excludes halogenated alkanes) is 13. The van der Waals surface area contributed by atoms with Crippen LogP contribution >= 0.6 is 7.82 Å². The molecular weight excluding hydrogens is 781 g/mol. The van der Waals surface area contributed by atoms with E-state index in [1.807, 2.05) is 12.2 Å². The Kier molecular flexibility index (Phi) is 40.0. The van der Waals surface area contributed by atoms with Crippen molar-refractivity contribution in [1.29, 1.82) is 0 Å². The standard InChI is InChI=1S/C48H80NO10P/c1-3-5-7-9-11-13-15-17-19-21-22-24-26-28-30-32-34-36-38-40-47(51)59-44(42-57-60(54,55)58-43-45(49)48(52)53)41-56-46(50)39-37-35-33-31-29-27-25-23-20-18-16-14-12-10-8-6-4-2/h6,8,11-14,17-20,25,27,31,33,44-45H,3-5,7,9-10,15-16,21-24,26,28-30,32,34-43,49H2,1-2H3,(H,52,53)(H,54,55)/b8-6+,13-11+,14-12+,19-17+,20-18+,27-25+,33-31+/t44-,45+/m1/s1. The van der Waals surface area contributed by atoms with Crippen LogP contribution in [0.15, 0.2) is 85.1 Å². The van der Waals surface area contributed by atoms with Gasteiger partial charge in [-0.3, -0.25) is 23.4 Å². The topological polar surface area (TPSA) is 172 Å². The van der Waals surface area contributed by atoms with Crippen LogP contribution in [0.4, 0.5) is 0 Å². The summed E-state index contributed by atoms with van der Waals surface area (Å²) in [6.45, 7) is 2.60. The molecule has 0 aliphatic rings. The SMILES string of the molecule is CC/C=C/C/C=C/C/C=C/C/C=C/C/C=C/CCCC(=O)OC[C@H](COP(=O)(O)OC[C@H](N)C(=O)O)OC(=O)CCCCCCCCCCC/C=C/C/C=C/CCCCC. The molecule has 0 bridgehead atoms. The van der Waals surface area contributed by atoms with Crippen LogP contribution in [-0.2, 0) is 37.5 Å². The second kappa shape index (κ2) is 42.4. The maximum Gasteiger partial charge on any atom is 0.472 e. The number of esters is 2. The molecule has 0 aliphatic heterocycles. The minimum absolute atomic E-state index is 0.138. The van der Waals surface area contributed by atoms with Crippen molar-refractivity contribution in [2.24, 2.45) is 5.73 Å². The molecule has 0 radical (unpaired) electrons. The maximum absolute atomic E-state index is 12.7. The average Bonchev–Trinajstić information content (AvgIpc) is 3.22. The largest absolute Gasteiger partial charge is 0.480 e. The van der Waals surface area contributed by atoms with Crippen molar-refractivity contribution in [2.75, 3.05) is 19.8 Å². The predicted octanol–water partition coefficient (Wildman–Crippen LogP) is 12.3. The smallest absolute Gasteiger partial charge is 0.472 e. The van der Waals surface area contributed by atoms with Crippen molar-refractivity contribution in [3.63, 3.8) is 0 Å². The summed E-state index contributed by atoms with van der Waals surface area (Å²) in [7, 11) is -4.74. The first-order valence-corrected chi connectivity index (χ1v) is 24.1. The van der Waals surface area contributed by atoms with Crippen molar-refractivity contribution >= 4 is 25.7 Å². The Morgan fingerprint density at radius 2 is 0.950 bits per heavy atom. The fraction of sp³-hybridized carbons (Fsp3) is 0.646. The summed E-state index contributed by atoms with van der Waals surface area (Å²) in [5.41, 5.74) is 5.33. The third-order valence-electron chi connectivity index (χ3n) is 9.13. The van der Waals surface area contributed by atoms with Gasteiger partial charge in [0.15, 0.2) is 6.10 Å². The average molecular weight is 862 g/mol. The molecular formula is C48H80NO10P. The number of phosphoric ester groups is 1. The van der Waals surface area contributed by atoms with Gasteiger partial charge in [-0.05, 0) is 83.5 Å². The zero-order valence-electron chi connectivity index (χ0n) is 37.0. The third-order valence-corrected chi connectivity index (χ3v) is 10.1. The molecule has 0 aromatic carbocycles. The van der Waals surface area contributed by atoms with E-state index >= 15 is 0 Å². The van der Waals surface area contributed by atoms with E-state index in [1.165, 1.54) is 51.4 Å². The second-order valence-corrected chi connectivity index (χ2v) is 16.2. The van der Waals surface area contributed by atoms with Crippen molar-refractivity contribution in [3.8, 4) is 0 Å². The molecule has 342 valence electrons. The van der Waals surface area contributed by atoms with Gasteiger partial charge < -0.3 is 25.2 Å². The molecule has 0 amide bonds. The number of ether oxygens (including phenoxy) is 2. The molecule has 11 nitrogen and oxygen atoms in total. The van der Waals surface area contributed by atoms with Crippen molar-refractivity contribution in [3.05, 3.63) is 85.1 Å². The quantitative estimate of drug-likeness (QED) is 0.0231. The van der Waals surface area contributed by atoms with Crippen molar-refractivity contribution in [1.82, 2.24) is 0 Å². The zero-order chi connectivity index (χ0) is 44.2. The number of hydrogen-bond acceptors (Lipinski definition) is 9. The van der Waals surface area contributed by atoms with Gasteiger partial charge in [0, 0.05) is 12.8 Å². The van der Waals surface area contributed by atoms with E-state index < -0.39 is 51.1 Å². The molecule has 0 fully saturated rings. The van der Waals surface area contributed by atoms with Gasteiger partial charge in [0.25, 0.3) is 0 Å². The van der Waals surface area contributed by atoms with Crippen LogP contribution in [0, 0.1) is 0 Å². The molecule has 4 N–H and O–H groups in total. The monoisotopic (exact) mass is 862 g/mol. The number of phosphoric acid groups is 1. The summed E-state index contributed by atoms with van der Waals surface area (Å²) >= 11 is 0. The minimum Gasteiger partial charge on any atom is -0.480 e. The number of carboxylic acid groups (broad SMARTS) is 1. The van der Waals surface area contributed by atoms with Crippen LogP contribution in [0.3, 0.4) is 0 Å². The van der Waals surface area contributed by atoms with Gasteiger partial charge in [-0.25, -0.2) is 4.57 Å². The van der Waals surface area contributed by atoms with E-state index in [9.17, 15) is 23.8 Å². The number of aliphatic carboxylic acids is 1. The van der Waals surface area contributed by atoms with Gasteiger partial charge in [-0.2, -0.15) is 0 Å². The zero-order valence-corrected chi connectivity index (χ0v) is 37.9. The summed E-state index contributed by atoms with van der Waals surface area (Å²) < 4.78 is 32.7. The first-order valence-electron chi connectivity index (χ1n) is 22.6. The molecule has 0 aromatic heterocycles. The highest BCUT2D eigenvalue weighted by molar-refractivity contribution is 7.47. The molecule has 0 spiro atoms. The van der Waals surface area contributed by atoms with E-state index in [4.69, 9.17) is 24.8 Å². The minimum atomic E-state index is -4.74. The lowest BCUT2D eigenvalue weighted by Crippen LogP contribution is -2.34. The van der Waals surface area contributed by atoms with Crippen molar-refractivity contribution < 1.29 is 47.5 Å². The molecule has 0 saturated heterocycles. The fourth-order valence-corrected chi connectivity index (χ4v) is 6.38. The molecule has 3 atom stereocenters. The lowest BCUT2D eigenvalue weighted by atomic mass is 10.1. The number of allylic oxidation sites excluding steroid dienone is 14. The maximum atomic E-state index is 12.7. The highest BCUT2D eigenvalue weighted by Crippen LogP contribution is 2.43. The number of carbonyl (C=O) groups is 3. The van der Waals surface area contributed by atoms with Crippen LogP contribution < -0.4 is 5.73 Å². The highest BCUT2D eigenvalue weighted by atomic mass is 31.2. The first kappa shape index (κ1) is 56.7. The van der Waals surface area contributed by atoms with E-state index in [-0.39, 0.29) is 19.4 Å². The van der Waals surface area contributed by atoms with E-state index in [0.29, 0.717) is 19.3 Å². The van der Waals surface area contributed by atoms with E-state index in [0.717, 1.165) is 70.6 Å². The molecule has 0 heterocycles. The summed E-state index contributed by atoms with van der Waals surface area (Å²) in [5.74, 6) is -2.47. The van der Waals surface area contributed by atoms with E-state index in [1.54, 1.807) is 0 Å². The lowest BCUT2D eigenvalue weighted by molar-refractivity contribution is -0.161. The van der Waals surface area contributed by atoms with Gasteiger partial charge in [0.1, 0.15) is 12.6 Å². The Hall–Kier alpha value is -3.34. The van der Waals surface area contributed by atoms with Crippen LogP contribution in [0.25, 0.3) is 0 Å². The Morgan fingerprint density at radius 3 is 1.45 bits per heavy atom. The molecule has 1 unspecified atom stereocenters. The Bertz CT molecular complexity index is 1340. The number of nitrogens with two attached hydrogens (primary N) is 1. The van der Waals surface area contributed by atoms with Crippen LogP contribution in [0.1, 0.15) is 168 Å². The molecule has 0 saturated carbocycles. The Balaban J connectivity index is 4.44. The van der Waals surface area contributed by atoms with Crippen LogP contribution in [0.5, 0.6) is 0 Å². The summed E-state index contributed by atoms with van der Waals surface area (Å²) in [4.78, 5) is 46.0. The predicted molar refractivity (Wildman–Crippen MR) is 244 cm³/mol. The van der Waals surface area contributed by atoms with Gasteiger partial charge in [0.05, 0.1) is 13.2 Å². The highest BCUT2D eigenvalue weighted by Gasteiger charge is 2.28. The lowest BCUT2D eigenvalue weighted by Gasteiger charge is -2.20. The van der Waals surface area contributed by atoms with Crippen LogP contribution in [-0.4, -0.2) is 59.9 Å². The molecule has 0 aromatic rings. The Morgan fingerprint density at radius 1 is 0.533 bits per heavy atom. The molecule has 12 heteroatoms. The summed E-state index contributed by atoms with van der Waals surface area (Å²) in [6, 6.07) is -1.53. The molecule has 0 rings (SSSR count). The molecule has 60 heavy (non-hydrogen) atoms. The normalized spacial score (nSPS) is 14.5. The number of carboxylic acids is 1. The fourth-order valence-electron chi connectivity index (χ4n) is 5.60. The van der Waals surface area contributed by atoms with Gasteiger partial charge in [-0.1, -0.05) is 157 Å². The van der Waals surface area contributed by atoms with Gasteiger partial charge in [-0.15, -0.1) is 0 Å². The Labute approximate surface area is 362 Å². The summed E-state index contributed by atoms with van der Waals surface area (Å²) in [5, 5.41) is 8.90. The third kappa shape index (κ3) is 41.4. The van der Waals surface area contributed by atoms with Crippen LogP contribution in [0.2, 0.25) is 0 Å². The van der Waals surface area contributed by atoms with E-state index in [2.05, 4.69) is 91.3 Å². The first-order chi connectivity index (χ1) is 29.1. The number of hydrogen-bond donors (Lipinski definition) is 3. The van der Waals surface area contributed by atoms with Gasteiger partial charge in [0.2, 0.25) is 0 Å². The van der Waals surface area contributed by atoms with Crippen molar-refractivity contribution in [2.45, 2.75) is 180 Å².